The summed E-state index contributed by atoms with van der Waals surface area (Å²) in [6.45, 7) is 5.91. The van der Waals surface area contributed by atoms with Crippen LogP contribution in [0.25, 0.3) is 6.08 Å². The van der Waals surface area contributed by atoms with Crippen LogP contribution in [0.1, 0.15) is 42.6 Å². The van der Waals surface area contributed by atoms with Gasteiger partial charge in [0, 0.05) is 24.3 Å². The van der Waals surface area contributed by atoms with Crippen molar-refractivity contribution in [1.29, 1.82) is 0 Å². The molecule has 0 atom stereocenters. The van der Waals surface area contributed by atoms with Gasteiger partial charge >= 0.3 is 5.97 Å². The molecule has 0 heterocycles. The highest BCUT2D eigenvalue weighted by Gasteiger charge is 2.11. The largest absolute Gasteiger partial charge is 0.493 e. The van der Waals surface area contributed by atoms with Gasteiger partial charge in [0.25, 0.3) is 0 Å². The highest BCUT2D eigenvalue weighted by Crippen LogP contribution is 2.28. The molecule has 0 fully saturated rings. The molecule has 0 aliphatic heterocycles. The van der Waals surface area contributed by atoms with Crippen molar-refractivity contribution >= 4 is 23.5 Å². The Morgan fingerprint density at radius 3 is 2.23 bits per heavy atom. The molecule has 30 heavy (non-hydrogen) atoms. The fourth-order valence-electron chi connectivity index (χ4n) is 3.05. The minimum atomic E-state index is -1.08. The number of anilines is 1. The fraction of sp³-hybridized carbons (Fsp3) is 0.333. The SMILES string of the molecule is CCCN(CCC)c1ccc(/C=C/C(=O)c2ccc(OCC(=O)O)c(OC)c2)cc1. The molecule has 0 aliphatic carbocycles. The number of carbonyl (C=O) groups excluding carboxylic acids is 1. The quantitative estimate of drug-likeness (QED) is 0.404. The van der Waals surface area contributed by atoms with E-state index in [1.165, 1.54) is 24.9 Å². The first-order valence-electron chi connectivity index (χ1n) is 10.1. The monoisotopic (exact) mass is 411 g/mol. The summed E-state index contributed by atoms with van der Waals surface area (Å²) in [5.74, 6) is -0.675. The Labute approximate surface area is 177 Å². The van der Waals surface area contributed by atoms with Gasteiger partial charge in [0.2, 0.25) is 0 Å². The number of methoxy groups -OCH3 is 1. The van der Waals surface area contributed by atoms with E-state index < -0.39 is 12.6 Å². The Morgan fingerprint density at radius 1 is 1.00 bits per heavy atom. The first-order chi connectivity index (χ1) is 14.5. The van der Waals surface area contributed by atoms with Gasteiger partial charge in [-0.25, -0.2) is 4.79 Å². The van der Waals surface area contributed by atoms with E-state index in [2.05, 4.69) is 30.9 Å². The second-order valence-corrected chi connectivity index (χ2v) is 6.82. The van der Waals surface area contributed by atoms with E-state index in [0.29, 0.717) is 11.3 Å². The van der Waals surface area contributed by atoms with Crippen molar-refractivity contribution < 1.29 is 24.2 Å². The lowest BCUT2D eigenvalue weighted by Crippen LogP contribution is -2.24. The number of hydrogen-bond donors (Lipinski definition) is 1. The van der Waals surface area contributed by atoms with Gasteiger partial charge in [-0.3, -0.25) is 4.79 Å². The summed E-state index contributed by atoms with van der Waals surface area (Å²) in [5, 5.41) is 8.73. The smallest absolute Gasteiger partial charge is 0.341 e. The standard InChI is InChI=1S/C24H29NO5/c1-4-14-25(15-5-2)20-10-6-18(7-11-20)8-12-21(26)19-9-13-22(23(16-19)29-3)30-17-24(27)28/h6-13,16H,4-5,14-15,17H2,1-3H3,(H,27,28)/b12-8+. The van der Waals surface area contributed by atoms with Gasteiger partial charge < -0.3 is 19.5 Å². The number of aliphatic carboxylic acids is 1. The lowest BCUT2D eigenvalue weighted by molar-refractivity contribution is -0.139. The number of hydrogen-bond acceptors (Lipinski definition) is 5. The van der Waals surface area contributed by atoms with Gasteiger partial charge in [-0.2, -0.15) is 0 Å². The van der Waals surface area contributed by atoms with Crippen LogP contribution in [-0.4, -0.2) is 43.7 Å². The van der Waals surface area contributed by atoms with Crippen molar-refractivity contribution in [3.63, 3.8) is 0 Å². The maximum Gasteiger partial charge on any atom is 0.341 e. The topological polar surface area (TPSA) is 76.1 Å². The predicted molar refractivity (Wildman–Crippen MR) is 119 cm³/mol. The molecule has 0 saturated carbocycles. The summed E-state index contributed by atoms with van der Waals surface area (Å²) in [7, 11) is 1.44. The Morgan fingerprint density at radius 2 is 1.67 bits per heavy atom. The van der Waals surface area contributed by atoms with Crippen LogP contribution in [-0.2, 0) is 4.79 Å². The molecule has 0 aromatic heterocycles. The molecule has 0 aliphatic rings. The van der Waals surface area contributed by atoms with Crippen molar-refractivity contribution in [3.05, 3.63) is 59.7 Å². The summed E-state index contributed by atoms with van der Waals surface area (Å²) >= 11 is 0. The van der Waals surface area contributed by atoms with Crippen LogP contribution in [0, 0.1) is 0 Å². The molecule has 2 aromatic rings. The number of ketones is 1. The first kappa shape index (κ1) is 23.0. The molecule has 0 bridgehead atoms. The van der Waals surface area contributed by atoms with Crippen LogP contribution in [0.4, 0.5) is 5.69 Å². The summed E-state index contributed by atoms with van der Waals surface area (Å²) in [5.41, 5.74) is 2.55. The third-order valence-electron chi connectivity index (χ3n) is 4.47. The molecule has 1 N–H and O–H groups in total. The van der Waals surface area contributed by atoms with Gasteiger partial charge in [0.15, 0.2) is 23.9 Å². The Kier molecular flexibility index (Phi) is 8.94. The zero-order valence-corrected chi connectivity index (χ0v) is 17.8. The van der Waals surface area contributed by atoms with E-state index in [1.807, 2.05) is 12.1 Å². The Bertz CT molecular complexity index is 868. The zero-order chi connectivity index (χ0) is 21.9. The van der Waals surface area contributed by atoms with E-state index >= 15 is 0 Å². The van der Waals surface area contributed by atoms with Gasteiger partial charge in [-0.15, -0.1) is 0 Å². The summed E-state index contributed by atoms with van der Waals surface area (Å²) in [4.78, 5) is 25.5. The van der Waals surface area contributed by atoms with Crippen molar-refractivity contribution in [2.24, 2.45) is 0 Å². The van der Waals surface area contributed by atoms with Crippen LogP contribution >= 0.6 is 0 Å². The number of benzene rings is 2. The van der Waals surface area contributed by atoms with E-state index in [-0.39, 0.29) is 11.5 Å². The first-order valence-corrected chi connectivity index (χ1v) is 10.1. The van der Waals surface area contributed by atoms with E-state index in [9.17, 15) is 9.59 Å². The number of carboxylic acids is 1. The number of allylic oxidation sites excluding steroid dienone is 1. The molecular formula is C24H29NO5. The predicted octanol–water partition coefficient (Wildman–Crippen LogP) is 4.68. The molecule has 6 nitrogen and oxygen atoms in total. The van der Waals surface area contributed by atoms with E-state index in [4.69, 9.17) is 14.6 Å². The number of ether oxygens (including phenoxy) is 2. The fourth-order valence-corrected chi connectivity index (χ4v) is 3.05. The molecule has 2 rings (SSSR count). The molecule has 0 unspecified atom stereocenters. The second kappa shape index (κ2) is 11.7. The van der Waals surface area contributed by atoms with Gasteiger partial charge in [-0.05, 0) is 54.8 Å². The van der Waals surface area contributed by atoms with Gasteiger partial charge in [-0.1, -0.05) is 32.1 Å². The van der Waals surface area contributed by atoms with Crippen LogP contribution < -0.4 is 14.4 Å². The molecule has 6 heteroatoms. The average Bonchev–Trinajstić information content (AvgIpc) is 2.76. The summed E-state index contributed by atoms with van der Waals surface area (Å²) in [6, 6.07) is 12.8. The van der Waals surface area contributed by atoms with E-state index in [1.54, 1.807) is 18.2 Å². The highest BCUT2D eigenvalue weighted by molar-refractivity contribution is 6.07. The third-order valence-corrected chi connectivity index (χ3v) is 4.47. The van der Waals surface area contributed by atoms with Crippen molar-refractivity contribution in [1.82, 2.24) is 0 Å². The number of rotatable bonds is 12. The van der Waals surface area contributed by atoms with Crippen molar-refractivity contribution in [2.75, 3.05) is 31.7 Å². The van der Waals surface area contributed by atoms with Crippen LogP contribution in [0.15, 0.2) is 48.5 Å². The van der Waals surface area contributed by atoms with Crippen LogP contribution in [0.5, 0.6) is 11.5 Å². The minimum Gasteiger partial charge on any atom is -0.493 e. The van der Waals surface area contributed by atoms with E-state index in [0.717, 1.165) is 31.5 Å². The van der Waals surface area contributed by atoms with Gasteiger partial charge in [0.1, 0.15) is 0 Å². The lowest BCUT2D eigenvalue weighted by atomic mass is 10.1. The third kappa shape index (κ3) is 6.65. The maximum absolute atomic E-state index is 12.5. The van der Waals surface area contributed by atoms with Gasteiger partial charge in [0.05, 0.1) is 7.11 Å². The Balaban J connectivity index is 2.08. The summed E-state index contributed by atoms with van der Waals surface area (Å²) < 4.78 is 10.4. The minimum absolute atomic E-state index is 0.180. The van der Waals surface area contributed by atoms with Crippen LogP contribution in [0.3, 0.4) is 0 Å². The second-order valence-electron chi connectivity index (χ2n) is 6.82. The number of carboxylic acid groups (broad SMARTS) is 1. The molecule has 2 aromatic carbocycles. The molecule has 0 spiro atoms. The normalized spacial score (nSPS) is 10.8. The molecule has 160 valence electrons. The highest BCUT2D eigenvalue weighted by atomic mass is 16.5. The number of nitrogens with zero attached hydrogens (tertiary/aromatic N) is 1. The lowest BCUT2D eigenvalue weighted by Gasteiger charge is -2.23. The zero-order valence-electron chi connectivity index (χ0n) is 17.8. The average molecular weight is 411 g/mol. The molecule has 0 saturated heterocycles. The Hall–Kier alpha value is -3.28. The molecule has 0 radical (unpaired) electrons. The maximum atomic E-state index is 12.5. The number of carbonyl (C=O) groups is 2. The molecule has 0 amide bonds. The van der Waals surface area contributed by atoms with Crippen molar-refractivity contribution in [3.8, 4) is 11.5 Å². The summed E-state index contributed by atoms with van der Waals surface area (Å²) in [6.07, 6.45) is 5.48. The molecular weight excluding hydrogens is 382 g/mol. The van der Waals surface area contributed by atoms with Crippen LogP contribution in [0.2, 0.25) is 0 Å². The van der Waals surface area contributed by atoms with Crippen molar-refractivity contribution in [2.45, 2.75) is 26.7 Å².